The van der Waals surface area contributed by atoms with Crippen LogP contribution in [0.3, 0.4) is 0 Å². The average molecular weight is 269 g/mol. The van der Waals surface area contributed by atoms with Gasteiger partial charge in [0.05, 0.1) is 5.69 Å². The summed E-state index contributed by atoms with van der Waals surface area (Å²) in [5, 5.41) is 11.2. The van der Waals surface area contributed by atoms with Crippen molar-refractivity contribution in [3.05, 3.63) is 41.5 Å². The molecular formula is C16H15NO3. The number of benzene rings is 1. The first kappa shape index (κ1) is 11.1. The maximum Gasteiger partial charge on any atom is 0.229 e. The lowest BCUT2D eigenvalue weighted by atomic mass is 9.87. The van der Waals surface area contributed by atoms with Crippen LogP contribution in [0.4, 0.5) is 5.69 Å². The van der Waals surface area contributed by atoms with Crippen LogP contribution in [0.15, 0.2) is 30.4 Å². The number of aliphatic hydroxyl groups is 1. The highest BCUT2D eigenvalue weighted by molar-refractivity contribution is 5.99. The second-order valence-corrected chi connectivity index (χ2v) is 6.21. The minimum atomic E-state index is -0.990. The van der Waals surface area contributed by atoms with Crippen molar-refractivity contribution in [1.29, 1.82) is 0 Å². The van der Waals surface area contributed by atoms with E-state index in [1.807, 2.05) is 30.4 Å². The Morgan fingerprint density at radius 2 is 2.20 bits per heavy atom. The van der Waals surface area contributed by atoms with Gasteiger partial charge in [0.2, 0.25) is 5.91 Å². The Bertz CT molecular complexity index is 682. The van der Waals surface area contributed by atoms with Crippen LogP contribution in [0.2, 0.25) is 0 Å². The van der Waals surface area contributed by atoms with Crippen molar-refractivity contribution in [2.75, 3.05) is 4.90 Å². The fourth-order valence-electron chi connectivity index (χ4n) is 4.34. The minimum Gasteiger partial charge on any atom is -0.382 e. The molecule has 0 unspecified atom stereocenters. The Balaban J connectivity index is 1.88. The van der Waals surface area contributed by atoms with Crippen molar-refractivity contribution >= 4 is 11.6 Å². The molecule has 3 heterocycles. The van der Waals surface area contributed by atoms with Crippen molar-refractivity contribution in [2.45, 2.75) is 43.1 Å². The summed E-state index contributed by atoms with van der Waals surface area (Å²) < 4.78 is 6.17. The van der Waals surface area contributed by atoms with Crippen molar-refractivity contribution in [3.63, 3.8) is 0 Å². The van der Waals surface area contributed by atoms with Gasteiger partial charge in [-0.05, 0) is 30.5 Å². The number of carbonyl (C=O) groups is 1. The third kappa shape index (κ3) is 1.02. The van der Waals surface area contributed by atoms with Gasteiger partial charge in [0, 0.05) is 18.4 Å². The van der Waals surface area contributed by atoms with Crippen LogP contribution in [-0.2, 0) is 21.6 Å². The Kier molecular flexibility index (Phi) is 1.74. The summed E-state index contributed by atoms with van der Waals surface area (Å²) in [4.78, 5) is 14.1. The Hall–Kier alpha value is -1.65. The molecule has 0 aromatic heterocycles. The summed E-state index contributed by atoms with van der Waals surface area (Å²) in [6.45, 7) is 0. The second kappa shape index (κ2) is 3.15. The first-order valence-electron chi connectivity index (χ1n) is 7.19. The number of hydrogen-bond donors (Lipinski definition) is 1. The van der Waals surface area contributed by atoms with Crippen molar-refractivity contribution in [2.24, 2.45) is 0 Å². The molecule has 102 valence electrons. The van der Waals surface area contributed by atoms with Crippen LogP contribution in [0.25, 0.3) is 0 Å². The maximum absolute atomic E-state index is 12.4. The van der Waals surface area contributed by atoms with Gasteiger partial charge in [0.1, 0.15) is 11.7 Å². The molecule has 3 aliphatic heterocycles. The van der Waals surface area contributed by atoms with Crippen LogP contribution in [0.1, 0.15) is 30.4 Å². The number of nitrogens with zero attached hydrogens (tertiary/aromatic N) is 1. The Morgan fingerprint density at radius 1 is 1.30 bits per heavy atom. The van der Waals surface area contributed by atoms with Gasteiger partial charge in [-0.3, -0.25) is 9.69 Å². The standard InChI is InChI=1S/C16H15NO3/c18-13-6-8-15-7-5-12(20-15)16(19)9-4-10-2-1-3-11(14(10)16)17(13)15/h1-3,5,7,12,19H,4,6,8-9H2/t12-,15-,16-/m0/s1. The zero-order valence-corrected chi connectivity index (χ0v) is 11.0. The van der Waals surface area contributed by atoms with E-state index in [9.17, 15) is 9.90 Å². The molecule has 4 heteroatoms. The van der Waals surface area contributed by atoms with E-state index in [2.05, 4.69) is 0 Å². The zero-order valence-electron chi connectivity index (χ0n) is 11.0. The minimum absolute atomic E-state index is 0.0832. The maximum atomic E-state index is 12.4. The van der Waals surface area contributed by atoms with E-state index < -0.39 is 11.3 Å². The molecule has 0 radical (unpaired) electrons. The zero-order chi connectivity index (χ0) is 13.5. The smallest absolute Gasteiger partial charge is 0.229 e. The lowest BCUT2D eigenvalue weighted by molar-refractivity contribution is -0.126. The van der Waals surface area contributed by atoms with E-state index in [-0.39, 0.29) is 12.0 Å². The largest absolute Gasteiger partial charge is 0.382 e. The Morgan fingerprint density at radius 3 is 3.10 bits per heavy atom. The molecule has 3 atom stereocenters. The normalized spacial score (nSPS) is 40.0. The molecule has 4 nitrogen and oxygen atoms in total. The highest BCUT2D eigenvalue weighted by Crippen LogP contribution is 2.55. The van der Waals surface area contributed by atoms with E-state index in [1.54, 1.807) is 4.90 Å². The number of amides is 1. The second-order valence-electron chi connectivity index (χ2n) is 6.21. The average Bonchev–Trinajstić information content (AvgIpc) is 3.08. The number of carbonyl (C=O) groups excluding carboxylic acids is 1. The summed E-state index contributed by atoms with van der Waals surface area (Å²) in [6.07, 6.45) is 6.22. The topological polar surface area (TPSA) is 49.8 Å². The molecule has 1 aliphatic carbocycles. The molecule has 2 bridgehead atoms. The SMILES string of the molecule is O=C1CC[C@]23C=C[C@H](O2)[C@@]2(O)CCc4cccc(c42)N13. The molecule has 1 spiro atoms. The van der Waals surface area contributed by atoms with Crippen LogP contribution < -0.4 is 4.90 Å². The highest BCUT2D eigenvalue weighted by Gasteiger charge is 2.59. The summed E-state index contributed by atoms with van der Waals surface area (Å²) in [5.41, 5.74) is 1.24. The lowest BCUT2D eigenvalue weighted by Gasteiger charge is -2.32. The van der Waals surface area contributed by atoms with Gasteiger partial charge >= 0.3 is 0 Å². The molecule has 1 amide bonds. The number of rotatable bonds is 0. The molecule has 0 saturated carbocycles. The fraction of sp³-hybridized carbons (Fsp3) is 0.438. The van der Waals surface area contributed by atoms with Gasteiger partial charge in [-0.1, -0.05) is 18.2 Å². The fourth-order valence-corrected chi connectivity index (χ4v) is 4.34. The monoisotopic (exact) mass is 269 g/mol. The number of fused-ring (bicyclic) bond motifs is 3. The summed E-state index contributed by atoms with van der Waals surface area (Å²) >= 11 is 0. The number of anilines is 1. The van der Waals surface area contributed by atoms with E-state index in [0.717, 1.165) is 23.2 Å². The number of aryl methyl sites for hydroxylation is 1. The van der Waals surface area contributed by atoms with Crippen LogP contribution in [-0.4, -0.2) is 22.8 Å². The van der Waals surface area contributed by atoms with Gasteiger partial charge in [-0.15, -0.1) is 0 Å². The molecule has 1 saturated heterocycles. The molecule has 20 heavy (non-hydrogen) atoms. The lowest BCUT2D eigenvalue weighted by Crippen LogP contribution is -2.45. The molecule has 5 rings (SSSR count). The van der Waals surface area contributed by atoms with Crippen molar-refractivity contribution in [3.8, 4) is 0 Å². The first-order chi connectivity index (χ1) is 9.64. The molecule has 1 fully saturated rings. The molecular weight excluding hydrogens is 254 g/mol. The number of hydrogen-bond acceptors (Lipinski definition) is 3. The van der Waals surface area contributed by atoms with Crippen LogP contribution in [0.5, 0.6) is 0 Å². The van der Waals surface area contributed by atoms with Gasteiger partial charge in [-0.2, -0.15) is 0 Å². The summed E-state index contributed by atoms with van der Waals surface area (Å²) in [6, 6.07) is 5.96. The summed E-state index contributed by atoms with van der Waals surface area (Å²) in [5.74, 6) is 0.0832. The predicted molar refractivity (Wildman–Crippen MR) is 72.1 cm³/mol. The highest BCUT2D eigenvalue weighted by atomic mass is 16.5. The van der Waals surface area contributed by atoms with Crippen LogP contribution in [0, 0.1) is 0 Å². The van der Waals surface area contributed by atoms with Gasteiger partial charge < -0.3 is 9.84 Å². The Labute approximate surface area is 116 Å². The first-order valence-corrected chi connectivity index (χ1v) is 7.19. The number of ether oxygens (including phenoxy) is 1. The van der Waals surface area contributed by atoms with Crippen LogP contribution >= 0.6 is 0 Å². The van der Waals surface area contributed by atoms with Crippen molar-refractivity contribution in [1.82, 2.24) is 0 Å². The van der Waals surface area contributed by atoms with Gasteiger partial charge in [-0.25, -0.2) is 0 Å². The van der Waals surface area contributed by atoms with E-state index in [0.29, 0.717) is 19.3 Å². The molecule has 1 aromatic carbocycles. The third-order valence-corrected chi connectivity index (χ3v) is 5.24. The third-order valence-electron chi connectivity index (χ3n) is 5.24. The molecule has 1 aromatic rings. The van der Waals surface area contributed by atoms with Crippen molar-refractivity contribution < 1.29 is 14.6 Å². The van der Waals surface area contributed by atoms with E-state index >= 15 is 0 Å². The predicted octanol–water partition coefficient (Wildman–Crippen LogP) is 1.61. The quantitative estimate of drug-likeness (QED) is 0.728. The van der Waals surface area contributed by atoms with Gasteiger partial charge in [0.25, 0.3) is 0 Å². The van der Waals surface area contributed by atoms with Gasteiger partial charge in [0.15, 0.2) is 5.72 Å². The van der Waals surface area contributed by atoms with E-state index in [1.165, 1.54) is 0 Å². The molecule has 4 aliphatic rings. The summed E-state index contributed by atoms with van der Waals surface area (Å²) in [7, 11) is 0. The molecule has 1 N–H and O–H groups in total. The van der Waals surface area contributed by atoms with E-state index in [4.69, 9.17) is 4.74 Å².